The molecule has 0 fully saturated rings. The highest BCUT2D eigenvalue weighted by molar-refractivity contribution is 7.91. The van der Waals surface area contributed by atoms with Crippen molar-refractivity contribution in [1.82, 2.24) is 4.98 Å². The van der Waals surface area contributed by atoms with Crippen molar-refractivity contribution in [2.24, 2.45) is 0 Å². The van der Waals surface area contributed by atoms with Crippen LogP contribution in [-0.4, -0.2) is 24.5 Å². The van der Waals surface area contributed by atoms with Crippen LogP contribution in [0.5, 0.6) is 0 Å². The lowest BCUT2D eigenvalue weighted by atomic mass is 10.1. The van der Waals surface area contributed by atoms with E-state index < -0.39 is 16.0 Å². The number of carbonyl (C=O) groups is 1. The maximum Gasteiger partial charge on any atom is 0.335 e. The molecule has 0 amide bonds. The molecule has 0 unspecified atom stereocenters. The zero-order chi connectivity index (χ0) is 15.5. The predicted octanol–water partition coefficient (Wildman–Crippen LogP) is 2.38. The predicted molar refractivity (Wildman–Crippen MR) is 78.9 cm³/mol. The number of halogens is 1. The summed E-state index contributed by atoms with van der Waals surface area (Å²) in [6, 6.07) is 8.51. The van der Waals surface area contributed by atoms with Crippen molar-refractivity contribution in [1.29, 1.82) is 0 Å². The van der Waals surface area contributed by atoms with Crippen molar-refractivity contribution in [3.8, 4) is 0 Å². The monoisotopic (exact) mass is 326 g/mol. The van der Waals surface area contributed by atoms with E-state index in [1.807, 2.05) is 0 Å². The number of carboxylic acids is 1. The topological polar surface area (TPSA) is 96.4 Å². The van der Waals surface area contributed by atoms with Crippen LogP contribution in [0.2, 0.25) is 5.15 Å². The van der Waals surface area contributed by atoms with Gasteiger partial charge in [0, 0.05) is 6.20 Å². The Bertz CT molecular complexity index is 760. The summed E-state index contributed by atoms with van der Waals surface area (Å²) >= 11 is 5.68. The zero-order valence-electron chi connectivity index (χ0n) is 10.7. The third kappa shape index (κ3) is 4.44. The second-order valence-corrected chi connectivity index (χ2v) is 6.34. The van der Waals surface area contributed by atoms with E-state index >= 15 is 0 Å². The number of anilines is 1. The summed E-state index contributed by atoms with van der Waals surface area (Å²) in [5, 5.41) is 8.96. The summed E-state index contributed by atoms with van der Waals surface area (Å²) in [4.78, 5) is 14.5. The molecule has 0 spiro atoms. The normalized spacial score (nSPS) is 11.1. The number of nitrogens with one attached hydrogen (secondary N) is 1. The van der Waals surface area contributed by atoms with Gasteiger partial charge in [0.25, 0.3) is 0 Å². The van der Waals surface area contributed by atoms with Crippen LogP contribution in [-0.2, 0) is 15.8 Å². The second kappa shape index (κ2) is 6.11. The molecule has 2 N–H and O–H groups in total. The number of carboxylic acid groups (broad SMARTS) is 1. The quantitative estimate of drug-likeness (QED) is 0.822. The van der Waals surface area contributed by atoms with Crippen molar-refractivity contribution in [3.63, 3.8) is 0 Å². The van der Waals surface area contributed by atoms with Crippen molar-refractivity contribution in [2.45, 2.75) is 5.75 Å². The second-order valence-electron chi connectivity index (χ2n) is 4.23. The van der Waals surface area contributed by atoms with E-state index in [-0.39, 0.29) is 16.5 Å². The number of pyridine rings is 1. The number of rotatable bonds is 5. The average Bonchev–Trinajstić information content (AvgIpc) is 2.38. The molecule has 0 aliphatic rings. The summed E-state index contributed by atoms with van der Waals surface area (Å²) in [5.41, 5.74) is 0.898. The molecule has 0 radical (unpaired) electrons. The van der Waals surface area contributed by atoms with E-state index in [4.69, 9.17) is 16.7 Å². The van der Waals surface area contributed by atoms with E-state index in [0.717, 1.165) is 0 Å². The maximum atomic E-state index is 12.0. The van der Waals surface area contributed by atoms with Crippen LogP contribution < -0.4 is 4.72 Å². The van der Waals surface area contributed by atoms with Gasteiger partial charge >= 0.3 is 5.97 Å². The Morgan fingerprint density at radius 3 is 2.48 bits per heavy atom. The van der Waals surface area contributed by atoms with Crippen LogP contribution in [0.3, 0.4) is 0 Å². The van der Waals surface area contributed by atoms with Crippen molar-refractivity contribution in [3.05, 3.63) is 58.9 Å². The van der Waals surface area contributed by atoms with Crippen molar-refractivity contribution >= 4 is 33.3 Å². The first-order valence-electron chi connectivity index (χ1n) is 5.80. The molecule has 0 aliphatic carbocycles. The summed E-state index contributed by atoms with van der Waals surface area (Å²) < 4.78 is 26.4. The van der Waals surface area contributed by atoms with Crippen molar-refractivity contribution < 1.29 is 18.3 Å². The fourth-order valence-corrected chi connectivity index (χ4v) is 3.01. The minimum Gasteiger partial charge on any atom is -0.478 e. The summed E-state index contributed by atoms with van der Waals surface area (Å²) in [7, 11) is -3.62. The zero-order valence-corrected chi connectivity index (χ0v) is 12.2. The molecule has 6 nitrogen and oxygen atoms in total. The first-order valence-corrected chi connectivity index (χ1v) is 7.83. The third-order valence-corrected chi connectivity index (χ3v) is 4.02. The van der Waals surface area contributed by atoms with E-state index in [2.05, 4.69) is 9.71 Å². The number of nitrogens with zero attached hydrogens (tertiary/aromatic N) is 1. The standard InChI is InChI=1S/C13H11ClN2O4S/c14-12-7-11(5-6-15-12)16-21(19,20)8-9-1-3-10(4-2-9)13(17)18/h1-7H,8H2,(H,15,16)(H,17,18). The van der Waals surface area contributed by atoms with Crippen LogP contribution in [0.25, 0.3) is 0 Å². The van der Waals surface area contributed by atoms with Gasteiger partial charge in [-0.25, -0.2) is 18.2 Å². The number of sulfonamides is 1. The number of hydrogen-bond donors (Lipinski definition) is 2. The SMILES string of the molecule is O=C(O)c1ccc(CS(=O)(=O)Nc2ccnc(Cl)c2)cc1. The molecule has 8 heteroatoms. The molecular formula is C13H11ClN2O4S. The summed E-state index contributed by atoms with van der Waals surface area (Å²) in [6.07, 6.45) is 1.39. The lowest BCUT2D eigenvalue weighted by molar-refractivity contribution is 0.0697. The van der Waals surface area contributed by atoms with Gasteiger partial charge in [-0.3, -0.25) is 4.72 Å². The smallest absolute Gasteiger partial charge is 0.335 e. The van der Waals surface area contributed by atoms with Crippen LogP contribution in [0, 0.1) is 0 Å². The van der Waals surface area contributed by atoms with Gasteiger partial charge in [0.1, 0.15) is 5.15 Å². The lowest BCUT2D eigenvalue weighted by Gasteiger charge is -2.08. The fourth-order valence-electron chi connectivity index (χ4n) is 1.64. The number of benzene rings is 1. The summed E-state index contributed by atoms with van der Waals surface area (Å²) in [6.45, 7) is 0. The minimum absolute atomic E-state index is 0.102. The van der Waals surface area contributed by atoms with Gasteiger partial charge in [0.05, 0.1) is 17.0 Å². The molecule has 0 saturated heterocycles. The molecule has 2 aromatic rings. The average molecular weight is 327 g/mol. The largest absolute Gasteiger partial charge is 0.478 e. The number of aromatic carboxylic acids is 1. The van der Waals surface area contributed by atoms with Gasteiger partial charge in [0.15, 0.2) is 0 Å². The van der Waals surface area contributed by atoms with Gasteiger partial charge in [-0.15, -0.1) is 0 Å². The van der Waals surface area contributed by atoms with Crippen LogP contribution in [0.15, 0.2) is 42.6 Å². The van der Waals surface area contributed by atoms with Gasteiger partial charge in [-0.1, -0.05) is 23.7 Å². The highest BCUT2D eigenvalue weighted by atomic mass is 35.5. The Morgan fingerprint density at radius 2 is 1.90 bits per heavy atom. The lowest BCUT2D eigenvalue weighted by Crippen LogP contribution is -2.15. The highest BCUT2D eigenvalue weighted by Crippen LogP contribution is 2.16. The molecule has 1 aromatic heterocycles. The van der Waals surface area contributed by atoms with Gasteiger partial charge in [0.2, 0.25) is 10.0 Å². The Morgan fingerprint density at radius 1 is 1.24 bits per heavy atom. The molecule has 2 rings (SSSR count). The first-order chi connectivity index (χ1) is 9.85. The van der Waals surface area contributed by atoms with Crippen LogP contribution >= 0.6 is 11.6 Å². The third-order valence-electron chi connectivity index (χ3n) is 2.56. The van der Waals surface area contributed by atoms with Gasteiger partial charge in [-0.2, -0.15) is 0 Å². The van der Waals surface area contributed by atoms with Gasteiger partial charge < -0.3 is 5.11 Å². The molecule has 0 bridgehead atoms. The van der Waals surface area contributed by atoms with Crippen LogP contribution in [0.4, 0.5) is 5.69 Å². The molecule has 1 heterocycles. The number of aromatic nitrogens is 1. The van der Waals surface area contributed by atoms with Crippen LogP contribution in [0.1, 0.15) is 15.9 Å². The molecule has 0 atom stereocenters. The number of hydrogen-bond acceptors (Lipinski definition) is 4. The highest BCUT2D eigenvalue weighted by Gasteiger charge is 2.13. The van der Waals surface area contributed by atoms with E-state index in [0.29, 0.717) is 11.3 Å². The Labute approximate surface area is 126 Å². The maximum absolute atomic E-state index is 12.0. The Kier molecular flexibility index (Phi) is 4.44. The Balaban J connectivity index is 2.12. The minimum atomic E-state index is -3.62. The molecule has 0 aliphatic heterocycles. The first kappa shape index (κ1) is 15.3. The van der Waals surface area contributed by atoms with E-state index in [9.17, 15) is 13.2 Å². The van der Waals surface area contributed by atoms with Gasteiger partial charge in [-0.05, 0) is 29.8 Å². The van der Waals surface area contributed by atoms with E-state index in [1.54, 1.807) is 0 Å². The Hall–Kier alpha value is -2.12. The molecule has 110 valence electrons. The van der Waals surface area contributed by atoms with Crippen molar-refractivity contribution in [2.75, 3.05) is 4.72 Å². The molecule has 0 saturated carbocycles. The molecular weight excluding hydrogens is 316 g/mol. The van der Waals surface area contributed by atoms with E-state index in [1.165, 1.54) is 42.6 Å². The molecule has 21 heavy (non-hydrogen) atoms. The molecule has 1 aromatic carbocycles. The summed E-state index contributed by atoms with van der Waals surface area (Å²) in [5.74, 6) is -1.33. The fraction of sp³-hybridized carbons (Fsp3) is 0.0769.